The Balaban J connectivity index is 1.42. The standard InChI is InChI=1S/C49H61NO6Si2/c1-48(2,3)57(38-21-13-9-14-22-38,39-23-15-10-16-24-39)55-35-43-42(32-47(52)50-34-36-29-30-37(53-7)31-45(36)54-8)44(51)33-46(43)56-58(49(4,5)6,40-25-17-11-18-26-40)41-27-19-12-20-28-41/h9-31,42-44,46,51H,32-35H2,1-8H3,(H,50,52). The minimum atomic E-state index is -3.05. The van der Waals surface area contributed by atoms with Gasteiger partial charge in [0.1, 0.15) is 11.5 Å². The summed E-state index contributed by atoms with van der Waals surface area (Å²) in [4.78, 5) is 14.0. The van der Waals surface area contributed by atoms with Crippen LogP contribution in [0.3, 0.4) is 0 Å². The Hall–Kier alpha value is -4.52. The highest BCUT2D eigenvalue weighted by Gasteiger charge is 2.56. The van der Waals surface area contributed by atoms with E-state index < -0.39 is 28.7 Å². The summed E-state index contributed by atoms with van der Waals surface area (Å²) in [5.41, 5.74) is 0.836. The van der Waals surface area contributed by atoms with Crippen LogP contribution in [0.4, 0.5) is 0 Å². The molecule has 5 aromatic carbocycles. The number of ether oxygens (including phenoxy) is 2. The number of carbonyl (C=O) groups is 1. The molecule has 1 aliphatic carbocycles. The Kier molecular flexibility index (Phi) is 13.5. The Morgan fingerprint density at radius 2 is 1.12 bits per heavy atom. The van der Waals surface area contributed by atoms with Gasteiger partial charge in [-0.15, -0.1) is 0 Å². The molecule has 1 amide bonds. The number of aliphatic hydroxyl groups is 1. The van der Waals surface area contributed by atoms with Crippen LogP contribution in [0.1, 0.15) is 59.9 Å². The minimum absolute atomic E-state index is 0.120. The van der Waals surface area contributed by atoms with Crippen LogP contribution in [0.2, 0.25) is 10.1 Å². The van der Waals surface area contributed by atoms with Crippen LogP contribution in [0, 0.1) is 11.8 Å². The van der Waals surface area contributed by atoms with Crippen LogP contribution in [0.25, 0.3) is 0 Å². The summed E-state index contributed by atoms with van der Waals surface area (Å²) in [5.74, 6) is 0.454. The van der Waals surface area contributed by atoms with Gasteiger partial charge in [-0.1, -0.05) is 163 Å². The van der Waals surface area contributed by atoms with Gasteiger partial charge in [0.05, 0.1) is 26.4 Å². The number of methoxy groups -OCH3 is 2. The molecule has 58 heavy (non-hydrogen) atoms. The fraction of sp³-hybridized carbons (Fsp3) is 0.367. The second-order valence-electron chi connectivity index (χ2n) is 17.6. The van der Waals surface area contributed by atoms with Gasteiger partial charge < -0.3 is 28.7 Å². The Morgan fingerprint density at radius 3 is 1.55 bits per heavy atom. The zero-order chi connectivity index (χ0) is 41.6. The Labute approximate surface area is 348 Å². The fourth-order valence-electron chi connectivity index (χ4n) is 9.18. The maximum absolute atomic E-state index is 14.0. The molecule has 0 aromatic heterocycles. The minimum Gasteiger partial charge on any atom is -0.497 e. The van der Waals surface area contributed by atoms with E-state index in [0.29, 0.717) is 24.5 Å². The van der Waals surface area contributed by atoms with Gasteiger partial charge in [0.2, 0.25) is 5.91 Å². The molecule has 0 bridgehead atoms. The summed E-state index contributed by atoms with van der Waals surface area (Å²) in [5, 5.41) is 19.4. The van der Waals surface area contributed by atoms with Crippen molar-refractivity contribution in [1.82, 2.24) is 5.32 Å². The summed E-state index contributed by atoms with van der Waals surface area (Å²) in [7, 11) is -2.82. The molecule has 0 heterocycles. The van der Waals surface area contributed by atoms with Gasteiger partial charge in [-0.3, -0.25) is 4.79 Å². The van der Waals surface area contributed by atoms with Crippen molar-refractivity contribution in [2.45, 2.75) is 83.2 Å². The second kappa shape index (κ2) is 18.2. The number of hydrogen-bond donors (Lipinski definition) is 2. The Bertz CT molecular complexity index is 1990. The van der Waals surface area contributed by atoms with E-state index >= 15 is 0 Å². The average Bonchev–Trinajstić information content (AvgIpc) is 3.51. The summed E-state index contributed by atoms with van der Waals surface area (Å²) in [6.07, 6.45) is -0.658. The first-order chi connectivity index (χ1) is 27.7. The van der Waals surface area contributed by atoms with E-state index in [0.717, 1.165) is 5.56 Å². The normalized spacial score (nSPS) is 18.8. The molecular formula is C49H61NO6Si2. The predicted octanol–water partition coefficient (Wildman–Crippen LogP) is 7.23. The number of carbonyl (C=O) groups excluding carboxylic acids is 1. The second-order valence-corrected chi connectivity index (χ2v) is 26.1. The van der Waals surface area contributed by atoms with Gasteiger partial charge in [0.15, 0.2) is 0 Å². The number of nitrogens with one attached hydrogen (secondary N) is 1. The first-order valence-corrected chi connectivity index (χ1v) is 24.3. The van der Waals surface area contributed by atoms with E-state index in [1.807, 2.05) is 42.5 Å². The monoisotopic (exact) mass is 815 g/mol. The zero-order valence-electron chi connectivity index (χ0n) is 35.4. The van der Waals surface area contributed by atoms with E-state index in [4.69, 9.17) is 18.3 Å². The van der Waals surface area contributed by atoms with Gasteiger partial charge in [-0.25, -0.2) is 0 Å². The van der Waals surface area contributed by atoms with Crippen molar-refractivity contribution in [3.8, 4) is 11.5 Å². The van der Waals surface area contributed by atoms with E-state index in [9.17, 15) is 9.90 Å². The predicted molar refractivity (Wildman–Crippen MR) is 240 cm³/mol. The van der Waals surface area contributed by atoms with Crippen LogP contribution in [0.5, 0.6) is 11.5 Å². The molecular weight excluding hydrogens is 755 g/mol. The molecule has 4 unspecified atom stereocenters. The molecule has 1 aliphatic rings. The fourth-order valence-corrected chi connectivity index (χ4v) is 18.5. The van der Waals surface area contributed by atoms with E-state index in [2.05, 4.69) is 144 Å². The molecule has 5 aromatic rings. The van der Waals surface area contributed by atoms with Crippen LogP contribution >= 0.6 is 0 Å². The molecule has 1 fully saturated rings. The molecule has 0 spiro atoms. The molecule has 9 heteroatoms. The van der Waals surface area contributed by atoms with Crippen LogP contribution in [0.15, 0.2) is 140 Å². The lowest BCUT2D eigenvalue weighted by Gasteiger charge is -2.47. The molecule has 6 rings (SSSR count). The molecule has 2 N–H and O–H groups in total. The number of rotatable bonds is 15. The van der Waals surface area contributed by atoms with E-state index in [-0.39, 0.29) is 41.0 Å². The summed E-state index contributed by atoms with van der Waals surface area (Å²) >= 11 is 0. The maximum atomic E-state index is 14.0. The van der Waals surface area contributed by atoms with Gasteiger partial charge in [-0.2, -0.15) is 0 Å². The third-order valence-electron chi connectivity index (χ3n) is 12.0. The smallest absolute Gasteiger partial charge is 0.261 e. The highest BCUT2D eigenvalue weighted by molar-refractivity contribution is 7.00. The number of amides is 1. The number of hydrogen-bond acceptors (Lipinski definition) is 6. The molecule has 4 atom stereocenters. The van der Waals surface area contributed by atoms with Gasteiger partial charge in [0, 0.05) is 43.0 Å². The molecule has 7 nitrogen and oxygen atoms in total. The highest BCUT2D eigenvalue weighted by Crippen LogP contribution is 2.45. The topological polar surface area (TPSA) is 86.3 Å². The van der Waals surface area contributed by atoms with Crippen molar-refractivity contribution in [2.75, 3.05) is 20.8 Å². The molecule has 0 saturated heterocycles. The molecule has 306 valence electrons. The van der Waals surface area contributed by atoms with Crippen molar-refractivity contribution < 1.29 is 28.2 Å². The first-order valence-electron chi connectivity index (χ1n) is 20.4. The van der Waals surface area contributed by atoms with E-state index in [1.54, 1.807) is 14.2 Å². The van der Waals surface area contributed by atoms with E-state index in [1.165, 1.54) is 20.7 Å². The average molecular weight is 816 g/mol. The third-order valence-corrected chi connectivity index (χ3v) is 22.1. The summed E-state index contributed by atoms with van der Waals surface area (Å²) in [6, 6.07) is 48.1. The summed E-state index contributed by atoms with van der Waals surface area (Å²) < 4.78 is 26.5. The van der Waals surface area contributed by atoms with Gasteiger partial charge in [0.25, 0.3) is 16.6 Å². The van der Waals surface area contributed by atoms with Crippen molar-refractivity contribution in [3.05, 3.63) is 145 Å². The SMILES string of the molecule is COc1ccc(CNC(=O)CC2C(O)CC(O[Si](c3ccccc3)(c3ccccc3)C(C)(C)C)C2CO[Si](c2ccccc2)(c2ccccc2)C(C)(C)C)c(OC)c1. The van der Waals surface area contributed by atoms with Crippen molar-refractivity contribution in [1.29, 1.82) is 0 Å². The molecule has 1 saturated carbocycles. The Morgan fingerprint density at radius 1 is 0.655 bits per heavy atom. The van der Waals surface area contributed by atoms with Crippen LogP contribution < -0.4 is 35.5 Å². The number of aliphatic hydroxyl groups excluding tert-OH is 1. The zero-order valence-corrected chi connectivity index (χ0v) is 37.4. The van der Waals surface area contributed by atoms with Gasteiger partial charge >= 0.3 is 0 Å². The lowest BCUT2D eigenvalue weighted by Crippen LogP contribution is -2.68. The maximum Gasteiger partial charge on any atom is 0.261 e. The highest BCUT2D eigenvalue weighted by atomic mass is 28.4. The molecule has 0 radical (unpaired) electrons. The number of benzene rings is 5. The van der Waals surface area contributed by atoms with Crippen molar-refractivity contribution in [3.63, 3.8) is 0 Å². The molecule has 0 aliphatic heterocycles. The van der Waals surface area contributed by atoms with Crippen LogP contribution in [-0.2, 0) is 20.2 Å². The van der Waals surface area contributed by atoms with Gasteiger partial charge in [-0.05, 0) is 49.4 Å². The van der Waals surface area contributed by atoms with Crippen LogP contribution in [-0.4, -0.2) is 60.7 Å². The summed E-state index contributed by atoms with van der Waals surface area (Å²) in [6.45, 7) is 14.2. The van der Waals surface area contributed by atoms with Crippen molar-refractivity contribution in [2.24, 2.45) is 11.8 Å². The third kappa shape index (κ3) is 8.75. The quantitative estimate of drug-likeness (QED) is 0.109. The first kappa shape index (κ1) is 43.1. The lowest BCUT2D eigenvalue weighted by molar-refractivity contribution is -0.123. The lowest BCUT2D eigenvalue weighted by atomic mass is 9.91. The largest absolute Gasteiger partial charge is 0.497 e. The van der Waals surface area contributed by atoms with Crippen molar-refractivity contribution >= 4 is 43.3 Å².